The van der Waals surface area contributed by atoms with Crippen LogP contribution in [0.4, 0.5) is 0 Å². The predicted molar refractivity (Wildman–Crippen MR) is 82.6 cm³/mol. The highest BCUT2D eigenvalue weighted by Gasteiger charge is 2.20. The van der Waals surface area contributed by atoms with E-state index in [2.05, 4.69) is 28.6 Å². The van der Waals surface area contributed by atoms with Gasteiger partial charge in [0.1, 0.15) is 0 Å². The van der Waals surface area contributed by atoms with Crippen LogP contribution in [0.15, 0.2) is 29.3 Å². The van der Waals surface area contributed by atoms with E-state index in [0.717, 1.165) is 24.2 Å². The standard InChI is InChI=1S/C16H20N2OS/c1-2-18-13-10-6-7-11-14(13)20-16(18)17-15(19)12-8-4-3-5-9-12/h6-7,10-12H,2-5,8-9H2,1H3. The third kappa shape index (κ3) is 2.57. The second-order valence-electron chi connectivity index (χ2n) is 5.38. The molecule has 1 saturated carbocycles. The Morgan fingerprint density at radius 2 is 2.05 bits per heavy atom. The van der Waals surface area contributed by atoms with E-state index in [-0.39, 0.29) is 11.8 Å². The SMILES string of the molecule is CCn1c(=NC(=O)C2CCCCC2)sc2ccccc21. The molecule has 2 aromatic rings. The molecule has 1 fully saturated rings. The molecule has 0 saturated heterocycles. The molecule has 1 aromatic carbocycles. The third-order valence-corrected chi connectivity index (χ3v) is 5.12. The fourth-order valence-corrected chi connectivity index (χ4v) is 4.05. The Hall–Kier alpha value is -1.42. The second kappa shape index (κ2) is 5.92. The summed E-state index contributed by atoms with van der Waals surface area (Å²) in [6.45, 7) is 2.95. The van der Waals surface area contributed by atoms with E-state index >= 15 is 0 Å². The third-order valence-electron chi connectivity index (χ3n) is 4.06. The molecule has 0 N–H and O–H groups in total. The molecule has 0 spiro atoms. The quantitative estimate of drug-likeness (QED) is 0.829. The van der Waals surface area contributed by atoms with Crippen molar-refractivity contribution in [3.05, 3.63) is 29.1 Å². The minimum atomic E-state index is 0.0819. The van der Waals surface area contributed by atoms with Crippen molar-refractivity contribution in [3.63, 3.8) is 0 Å². The van der Waals surface area contributed by atoms with Crippen molar-refractivity contribution in [1.29, 1.82) is 0 Å². The van der Waals surface area contributed by atoms with Gasteiger partial charge in [0.2, 0.25) is 0 Å². The molecule has 0 unspecified atom stereocenters. The fraction of sp³-hybridized carbons (Fsp3) is 0.500. The summed E-state index contributed by atoms with van der Waals surface area (Å²) in [6, 6.07) is 8.26. The van der Waals surface area contributed by atoms with Crippen LogP contribution in [0.5, 0.6) is 0 Å². The molecule has 0 atom stereocenters. The highest BCUT2D eigenvalue weighted by molar-refractivity contribution is 7.16. The van der Waals surface area contributed by atoms with Gasteiger partial charge in [-0.1, -0.05) is 42.7 Å². The molecular formula is C16H20N2OS. The van der Waals surface area contributed by atoms with Crippen molar-refractivity contribution in [2.45, 2.75) is 45.6 Å². The number of carbonyl (C=O) groups is 1. The number of thiazole rings is 1. The molecule has 1 heterocycles. The van der Waals surface area contributed by atoms with Gasteiger partial charge >= 0.3 is 0 Å². The van der Waals surface area contributed by atoms with Gasteiger partial charge in [-0.3, -0.25) is 4.79 Å². The van der Waals surface area contributed by atoms with E-state index in [1.807, 2.05) is 12.1 Å². The van der Waals surface area contributed by atoms with Crippen molar-refractivity contribution in [1.82, 2.24) is 4.57 Å². The zero-order valence-corrected chi connectivity index (χ0v) is 12.7. The van der Waals surface area contributed by atoms with Crippen LogP contribution in [0.3, 0.4) is 0 Å². The number of amides is 1. The lowest BCUT2D eigenvalue weighted by Crippen LogP contribution is -2.21. The smallest absolute Gasteiger partial charge is 0.251 e. The van der Waals surface area contributed by atoms with Crippen LogP contribution in [-0.4, -0.2) is 10.5 Å². The molecule has 4 heteroatoms. The molecule has 106 valence electrons. The number of rotatable bonds is 2. The first-order chi connectivity index (χ1) is 9.79. The van der Waals surface area contributed by atoms with E-state index in [9.17, 15) is 4.79 Å². The molecule has 1 aromatic heterocycles. The largest absolute Gasteiger partial charge is 0.317 e. The maximum Gasteiger partial charge on any atom is 0.251 e. The number of benzene rings is 1. The van der Waals surface area contributed by atoms with Gasteiger partial charge < -0.3 is 4.57 Å². The van der Waals surface area contributed by atoms with Gasteiger partial charge in [-0.05, 0) is 31.9 Å². The minimum Gasteiger partial charge on any atom is -0.317 e. The van der Waals surface area contributed by atoms with Gasteiger partial charge in [0.25, 0.3) is 5.91 Å². The molecule has 3 rings (SSSR count). The molecule has 0 bridgehead atoms. The second-order valence-corrected chi connectivity index (χ2v) is 6.39. The predicted octanol–water partition coefficient (Wildman–Crippen LogP) is 3.73. The van der Waals surface area contributed by atoms with Crippen LogP contribution in [0.1, 0.15) is 39.0 Å². The first-order valence-corrected chi connectivity index (χ1v) is 8.28. The molecular weight excluding hydrogens is 268 g/mol. The van der Waals surface area contributed by atoms with E-state index in [4.69, 9.17) is 0 Å². The average Bonchev–Trinajstić information content (AvgIpc) is 2.85. The van der Waals surface area contributed by atoms with E-state index in [1.165, 1.54) is 29.5 Å². The Morgan fingerprint density at radius 3 is 2.80 bits per heavy atom. The number of carbonyl (C=O) groups excluding carboxylic acids is 1. The summed E-state index contributed by atoms with van der Waals surface area (Å²) < 4.78 is 3.34. The Labute approximate surface area is 123 Å². The molecule has 0 radical (unpaired) electrons. The van der Waals surface area contributed by atoms with Crippen molar-refractivity contribution >= 4 is 27.5 Å². The fourth-order valence-electron chi connectivity index (χ4n) is 2.95. The summed E-state index contributed by atoms with van der Waals surface area (Å²) in [5, 5.41) is 0. The van der Waals surface area contributed by atoms with Gasteiger partial charge in [-0.25, -0.2) is 0 Å². The van der Waals surface area contributed by atoms with E-state index in [1.54, 1.807) is 11.3 Å². The van der Waals surface area contributed by atoms with Gasteiger partial charge in [-0.15, -0.1) is 0 Å². The number of aromatic nitrogens is 1. The Bertz CT molecular complexity index is 677. The molecule has 0 aliphatic heterocycles. The Morgan fingerprint density at radius 1 is 1.30 bits per heavy atom. The molecule has 3 nitrogen and oxygen atoms in total. The van der Waals surface area contributed by atoms with Crippen LogP contribution in [0.25, 0.3) is 10.2 Å². The maximum absolute atomic E-state index is 12.3. The van der Waals surface area contributed by atoms with Gasteiger partial charge in [0, 0.05) is 12.5 Å². The first kappa shape index (κ1) is 13.6. The zero-order chi connectivity index (χ0) is 13.9. The van der Waals surface area contributed by atoms with Crippen molar-refractivity contribution in [2.75, 3.05) is 0 Å². The molecule has 1 aliphatic rings. The Kier molecular flexibility index (Phi) is 4.01. The monoisotopic (exact) mass is 288 g/mol. The van der Waals surface area contributed by atoms with Crippen molar-refractivity contribution in [2.24, 2.45) is 10.9 Å². The number of hydrogen-bond donors (Lipinski definition) is 0. The summed E-state index contributed by atoms with van der Waals surface area (Å²) >= 11 is 1.62. The number of fused-ring (bicyclic) bond motifs is 1. The molecule has 1 amide bonds. The topological polar surface area (TPSA) is 34.4 Å². The highest BCUT2D eigenvalue weighted by atomic mass is 32.1. The van der Waals surface area contributed by atoms with Crippen LogP contribution in [0.2, 0.25) is 0 Å². The summed E-state index contributed by atoms with van der Waals surface area (Å²) in [5.41, 5.74) is 1.18. The van der Waals surface area contributed by atoms with Crippen LogP contribution >= 0.6 is 11.3 Å². The summed E-state index contributed by atoms with van der Waals surface area (Å²) in [4.78, 5) is 17.6. The van der Waals surface area contributed by atoms with Crippen molar-refractivity contribution < 1.29 is 4.79 Å². The minimum absolute atomic E-state index is 0.0819. The van der Waals surface area contributed by atoms with Crippen molar-refractivity contribution in [3.8, 4) is 0 Å². The average molecular weight is 288 g/mol. The summed E-state index contributed by atoms with van der Waals surface area (Å²) in [6.07, 6.45) is 5.64. The van der Waals surface area contributed by atoms with Gasteiger partial charge in [0.05, 0.1) is 10.2 Å². The van der Waals surface area contributed by atoms with Gasteiger partial charge in [0.15, 0.2) is 4.80 Å². The highest BCUT2D eigenvalue weighted by Crippen LogP contribution is 2.24. The number of para-hydroxylation sites is 1. The zero-order valence-electron chi connectivity index (χ0n) is 11.8. The van der Waals surface area contributed by atoms with Crippen LogP contribution in [0, 0.1) is 5.92 Å². The van der Waals surface area contributed by atoms with E-state index < -0.39 is 0 Å². The normalized spacial score (nSPS) is 17.8. The lowest BCUT2D eigenvalue weighted by atomic mass is 9.89. The first-order valence-electron chi connectivity index (χ1n) is 7.46. The van der Waals surface area contributed by atoms with Crippen LogP contribution < -0.4 is 4.80 Å². The van der Waals surface area contributed by atoms with E-state index in [0.29, 0.717) is 0 Å². The molecule has 20 heavy (non-hydrogen) atoms. The Balaban J connectivity index is 2.00. The lowest BCUT2D eigenvalue weighted by molar-refractivity contribution is -0.122. The van der Waals surface area contributed by atoms with Gasteiger partial charge in [-0.2, -0.15) is 4.99 Å². The summed E-state index contributed by atoms with van der Waals surface area (Å²) in [7, 11) is 0. The van der Waals surface area contributed by atoms with Crippen LogP contribution in [-0.2, 0) is 11.3 Å². The summed E-state index contributed by atoms with van der Waals surface area (Å²) in [5.74, 6) is 0.234. The number of nitrogens with zero attached hydrogens (tertiary/aromatic N) is 2. The number of hydrogen-bond acceptors (Lipinski definition) is 2. The molecule has 1 aliphatic carbocycles. The lowest BCUT2D eigenvalue weighted by Gasteiger charge is -2.17. The number of aryl methyl sites for hydroxylation is 1. The maximum atomic E-state index is 12.3.